The normalized spacial score (nSPS) is 16.3. The molecule has 1 fully saturated rings. The molecule has 1 amide bonds. The van der Waals surface area contributed by atoms with Crippen LogP contribution in [0.5, 0.6) is 0 Å². The Labute approximate surface area is 135 Å². The molecule has 2 heterocycles. The van der Waals surface area contributed by atoms with Crippen molar-refractivity contribution in [2.24, 2.45) is 0 Å². The van der Waals surface area contributed by atoms with E-state index in [9.17, 15) is 4.79 Å². The third-order valence-electron chi connectivity index (χ3n) is 3.73. The summed E-state index contributed by atoms with van der Waals surface area (Å²) in [7, 11) is 0. The summed E-state index contributed by atoms with van der Waals surface area (Å²) < 4.78 is 5.32. The lowest BCUT2D eigenvalue weighted by Crippen LogP contribution is -3.14. The molecule has 1 aromatic rings. The number of carbonyl (C=O) groups excluding carboxylic acids is 1. The van der Waals surface area contributed by atoms with Gasteiger partial charge in [-0.25, -0.2) is 0 Å². The molecule has 1 aliphatic rings. The van der Waals surface area contributed by atoms with Crippen LogP contribution >= 0.6 is 11.3 Å². The summed E-state index contributed by atoms with van der Waals surface area (Å²) >= 11 is 1.54. The van der Waals surface area contributed by atoms with Crippen molar-refractivity contribution in [3.63, 3.8) is 0 Å². The van der Waals surface area contributed by atoms with Crippen LogP contribution in [0.2, 0.25) is 0 Å². The van der Waals surface area contributed by atoms with Gasteiger partial charge in [0.05, 0.1) is 19.8 Å². The van der Waals surface area contributed by atoms with Crippen molar-refractivity contribution in [2.75, 3.05) is 39.4 Å². The summed E-state index contributed by atoms with van der Waals surface area (Å²) in [6.07, 6.45) is 2.58. The Balaban J connectivity index is 1.77. The quantitative estimate of drug-likeness (QED) is 0.452. The zero-order chi connectivity index (χ0) is 15.8. The molecule has 1 saturated heterocycles. The number of morpholine rings is 1. The highest BCUT2D eigenvalue weighted by molar-refractivity contribution is 7.11. The van der Waals surface area contributed by atoms with E-state index >= 15 is 0 Å². The Kier molecular flexibility index (Phi) is 6.59. The van der Waals surface area contributed by atoms with E-state index in [1.807, 2.05) is 24.4 Å². The molecule has 0 spiro atoms. The largest absolute Gasteiger partial charge is 0.370 e. The molecule has 6 heteroatoms. The van der Waals surface area contributed by atoms with Crippen LogP contribution in [-0.4, -0.2) is 45.3 Å². The van der Waals surface area contributed by atoms with Crippen molar-refractivity contribution in [1.82, 2.24) is 5.32 Å². The maximum Gasteiger partial charge on any atom is 0.261 e. The van der Waals surface area contributed by atoms with Crippen LogP contribution in [0.15, 0.2) is 17.0 Å². The van der Waals surface area contributed by atoms with Gasteiger partial charge in [0.2, 0.25) is 0 Å². The monoisotopic (exact) mass is 320 g/mol. The van der Waals surface area contributed by atoms with Gasteiger partial charge in [-0.2, -0.15) is 5.26 Å². The fraction of sp³-hybridized carbons (Fsp3) is 0.500. The number of nitrogens with one attached hydrogen (secondary N) is 2. The molecular formula is C16H22N3O2S+. The van der Waals surface area contributed by atoms with Crippen LogP contribution in [0.3, 0.4) is 0 Å². The zero-order valence-corrected chi connectivity index (χ0v) is 13.7. The van der Waals surface area contributed by atoms with Crippen molar-refractivity contribution in [1.29, 1.82) is 5.26 Å². The summed E-state index contributed by atoms with van der Waals surface area (Å²) in [5.74, 6) is -0.285. The molecule has 1 aromatic heterocycles. The lowest BCUT2D eigenvalue weighted by atomic mass is 10.2. The van der Waals surface area contributed by atoms with Crippen LogP contribution < -0.4 is 10.2 Å². The first-order chi connectivity index (χ1) is 10.7. The Bertz CT molecular complexity index is 568. The van der Waals surface area contributed by atoms with Gasteiger partial charge in [0.25, 0.3) is 5.91 Å². The van der Waals surface area contributed by atoms with Gasteiger partial charge in [-0.05, 0) is 30.0 Å². The van der Waals surface area contributed by atoms with Crippen molar-refractivity contribution in [3.8, 4) is 6.07 Å². The lowest BCUT2D eigenvalue weighted by Gasteiger charge is -2.23. The molecule has 0 atom stereocenters. The lowest BCUT2D eigenvalue weighted by molar-refractivity contribution is -0.908. The number of amides is 1. The first kappa shape index (κ1) is 16.7. The SMILES string of the molecule is Cc1ccsc1/C=C(/C#N)C(=O)NCCC[NH+]1CCOCC1. The highest BCUT2D eigenvalue weighted by Crippen LogP contribution is 2.18. The van der Waals surface area contributed by atoms with E-state index in [1.54, 1.807) is 6.08 Å². The van der Waals surface area contributed by atoms with Gasteiger partial charge < -0.3 is 15.0 Å². The first-order valence-corrected chi connectivity index (χ1v) is 8.44. The molecule has 0 radical (unpaired) electrons. The van der Waals surface area contributed by atoms with Crippen molar-refractivity contribution < 1.29 is 14.4 Å². The van der Waals surface area contributed by atoms with Crippen molar-refractivity contribution in [2.45, 2.75) is 13.3 Å². The standard InChI is InChI=1S/C16H21N3O2S/c1-13-3-10-22-15(13)11-14(12-17)16(20)18-4-2-5-19-6-8-21-9-7-19/h3,10-11H,2,4-9H2,1H3,(H,18,20)/p+1/b14-11-. The Morgan fingerprint density at radius 3 is 2.95 bits per heavy atom. The summed E-state index contributed by atoms with van der Waals surface area (Å²) in [6.45, 7) is 7.32. The van der Waals surface area contributed by atoms with Crippen molar-refractivity contribution in [3.05, 3.63) is 27.5 Å². The Hall–Kier alpha value is -1.68. The molecule has 2 rings (SSSR count). The second kappa shape index (κ2) is 8.69. The van der Waals surface area contributed by atoms with Gasteiger partial charge in [0.15, 0.2) is 0 Å². The van der Waals surface area contributed by atoms with E-state index in [4.69, 9.17) is 10.00 Å². The van der Waals surface area contributed by atoms with Crippen LogP contribution in [0.1, 0.15) is 16.9 Å². The maximum atomic E-state index is 12.0. The minimum Gasteiger partial charge on any atom is -0.370 e. The van der Waals surface area contributed by atoms with Gasteiger partial charge in [-0.15, -0.1) is 11.3 Å². The van der Waals surface area contributed by atoms with Crippen LogP contribution in [0, 0.1) is 18.3 Å². The molecule has 0 unspecified atom stereocenters. The zero-order valence-electron chi connectivity index (χ0n) is 12.9. The highest BCUT2D eigenvalue weighted by Gasteiger charge is 2.14. The summed E-state index contributed by atoms with van der Waals surface area (Å²) in [6, 6.07) is 3.97. The predicted octanol–water partition coefficient (Wildman–Crippen LogP) is 0.385. The summed E-state index contributed by atoms with van der Waals surface area (Å²) in [5.41, 5.74) is 1.26. The molecular weight excluding hydrogens is 298 g/mol. The molecule has 22 heavy (non-hydrogen) atoms. The van der Waals surface area contributed by atoms with E-state index in [1.165, 1.54) is 16.2 Å². The number of ether oxygens (including phenoxy) is 1. The minimum atomic E-state index is -0.285. The number of quaternary nitrogens is 1. The summed E-state index contributed by atoms with van der Waals surface area (Å²) in [5, 5.41) is 13.9. The number of hydrogen-bond donors (Lipinski definition) is 2. The van der Waals surface area contributed by atoms with Gasteiger partial charge in [-0.1, -0.05) is 0 Å². The third kappa shape index (κ3) is 4.95. The number of aryl methyl sites for hydroxylation is 1. The number of nitriles is 1. The van der Waals surface area contributed by atoms with Crippen molar-refractivity contribution >= 4 is 23.3 Å². The van der Waals surface area contributed by atoms with E-state index in [0.29, 0.717) is 6.54 Å². The Morgan fingerprint density at radius 1 is 1.55 bits per heavy atom. The van der Waals surface area contributed by atoms with E-state index in [0.717, 1.165) is 49.7 Å². The molecule has 0 bridgehead atoms. The number of hydrogen-bond acceptors (Lipinski definition) is 4. The smallest absolute Gasteiger partial charge is 0.261 e. The average Bonchev–Trinajstić information content (AvgIpc) is 2.95. The van der Waals surface area contributed by atoms with Gasteiger partial charge in [-0.3, -0.25) is 4.79 Å². The van der Waals surface area contributed by atoms with E-state index in [2.05, 4.69) is 5.32 Å². The maximum absolute atomic E-state index is 12.0. The molecule has 0 aliphatic carbocycles. The van der Waals surface area contributed by atoms with Crippen LogP contribution in [0.25, 0.3) is 6.08 Å². The van der Waals surface area contributed by atoms with E-state index < -0.39 is 0 Å². The molecule has 2 N–H and O–H groups in total. The second-order valence-electron chi connectivity index (χ2n) is 5.36. The highest BCUT2D eigenvalue weighted by atomic mass is 32.1. The average molecular weight is 320 g/mol. The van der Waals surface area contributed by atoms with Gasteiger partial charge >= 0.3 is 0 Å². The molecule has 5 nitrogen and oxygen atoms in total. The molecule has 0 aromatic carbocycles. The number of thiophene rings is 1. The second-order valence-corrected chi connectivity index (χ2v) is 6.31. The third-order valence-corrected chi connectivity index (χ3v) is 4.70. The minimum absolute atomic E-state index is 0.171. The van der Waals surface area contributed by atoms with Gasteiger partial charge in [0, 0.05) is 17.8 Å². The summed E-state index contributed by atoms with van der Waals surface area (Å²) in [4.78, 5) is 14.5. The number of carbonyl (C=O) groups is 1. The Morgan fingerprint density at radius 2 is 2.32 bits per heavy atom. The molecule has 1 aliphatic heterocycles. The number of rotatable bonds is 6. The van der Waals surface area contributed by atoms with E-state index in [-0.39, 0.29) is 11.5 Å². The van der Waals surface area contributed by atoms with Gasteiger partial charge in [0.1, 0.15) is 24.7 Å². The van der Waals surface area contributed by atoms with Crippen LogP contribution in [0.4, 0.5) is 0 Å². The predicted molar refractivity (Wildman–Crippen MR) is 86.7 cm³/mol. The number of nitrogens with zero attached hydrogens (tertiary/aromatic N) is 1. The molecule has 0 saturated carbocycles. The fourth-order valence-corrected chi connectivity index (χ4v) is 3.22. The first-order valence-electron chi connectivity index (χ1n) is 7.56. The molecule has 118 valence electrons. The topological polar surface area (TPSA) is 66.6 Å². The van der Waals surface area contributed by atoms with Crippen LogP contribution in [-0.2, 0) is 9.53 Å². The fourth-order valence-electron chi connectivity index (χ4n) is 2.36.